The fourth-order valence-electron chi connectivity index (χ4n) is 3.12. The molecule has 0 aliphatic carbocycles. The Morgan fingerprint density at radius 2 is 1.80 bits per heavy atom. The molecule has 0 spiro atoms. The summed E-state index contributed by atoms with van der Waals surface area (Å²) in [5.74, 6) is 0.277. The van der Waals surface area contributed by atoms with E-state index in [-0.39, 0.29) is 18.3 Å². The first-order valence-corrected chi connectivity index (χ1v) is 10.3. The Hall–Kier alpha value is -3.09. The fourth-order valence-corrected chi connectivity index (χ4v) is 3.12. The first-order valence-electron chi connectivity index (χ1n) is 10.3. The largest absolute Gasteiger partial charge is 0.494 e. The Kier molecular flexibility index (Phi) is 8.65. The Bertz CT molecular complexity index is 849. The van der Waals surface area contributed by atoms with Crippen LogP contribution in [0.5, 0.6) is 5.75 Å². The highest BCUT2D eigenvalue weighted by atomic mass is 16.6. The second kappa shape index (κ2) is 11.2. The number of ether oxygens (including phenoxy) is 2. The van der Waals surface area contributed by atoms with Crippen LogP contribution in [0.25, 0.3) is 0 Å². The summed E-state index contributed by atoms with van der Waals surface area (Å²) < 4.78 is 11.0. The number of rotatable bonds is 11. The van der Waals surface area contributed by atoms with Gasteiger partial charge in [0.1, 0.15) is 5.75 Å². The average Bonchev–Trinajstić information content (AvgIpc) is 2.71. The van der Waals surface area contributed by atoms with Crippen LogP contribution in [0.3, 0.4) is 0 Å². The third-order valence-corrected chi connectivity index (χ3v) is 4.57. The molecule has 30 heavy (non-hydrogen) atoms. The third kappa shape index (κ3) is 6.47. The van der Waals surface area contributed by atoms with Gasteiger partial charge in [-0.3, -0.25) is 14.9 Å². The van der Waals surface area contributed by atoms with Gasteiger partial charge in [0.15, 0.2) is 0 Å². The van der Waals surface area contributed by atoms with Gasteiger partial charge in [-0.2, -0.15) is 0 Å². The zero-order valence-corrected chi connectivity index (χ0v) is 18.0. The van der Waals surface area contributed by atoms with E-state index in [0.29, 0.717) is 18.9 Å². The molecule has 7 nitrogen and oxygen atoms in total. The van der Waals surface area contributed by atoms with Gasteiger partial charge >= 0.3 is 5.97 Å². The fraction of sp³-hybridized carbons (Fsp3) is 0.435. The molecule has 0 aromatic heterocycles. The summed E-state index contributed by atoms with van der Waals surface area (Å²) in [6.45, 7) is 9.49. The summed E-state index contributed by atoms with van der Waals surface area (Å²) in [5, 5.41) is 14.3. The van der Waals surface area contributed by atoms with Crippen molar-refractivity contribution in [3.63, 3.8) is 0 Å². The number of non-ortho nitro benzene ring substituents is 1. The van der Waals surface area contributed by atoms with E-state index >= 15 is 0 Å². The van der Waals surface area contributed by atoms with Gasteiger partial charge in [-0.1, -0.05) is 32.0 Å². The molecule has 1 N–H and O–H groups in total. The first-order chi connectivity index (χ1) is 14.3. The maximum absolute atomic E-state index is 12.8. The Morgan fingerprint density at radius 1 is 1.10 bits per heavy atom. The van der Waals surface area contributed by atoms with E-state index in [4.69, 9.17) is 9.47 Å². The van der Waals surface area contributed by atoms with Gasteiger partial charge in [-0.25, -0.2) is 0 Å². The second-order valence-corrected chi connectivity index (χ2v) is 7.39. The zero-order valence-electron chi connectivity index (χ0n) is 18.0. The normalized spacial score (nSPS) is 11.8. The number of hydrogen-bond donors (Lipinski definition) is 1. The number of nitrogens with zero attached hydrogens (tertiary/aromatic N) is 1. The van der Waals surface area contributed by atoms with Crippen LogP contribution in [0.15, 0.2) is 42.5 Å². The van der Waals surface area contributed by atoms with Gasteiger partial charge in [0.2, 0.25) is 0 Å². The van der Waals surface area contributed by atoms with E-state index in [0.717, 1.165) is 29.1 Å². The summed E-state index contributed by atoms with van der Waals surface area (Å²) in [4.78, 5) is 23.3. The lowest BCUT2D eigenvalue weighted by Gasteiger charge is -2.22. The number of hydrogen-bond acceptors (Lipinski definition) is 6. The lowest BCUT2D eigenvalue weighted by Crippen LogP contribution is -2.20. The van der Waals surface area contributed by atoms with Crippen molar-refractivity contribution < 1.29 is 19.2 Å². The van der Waals surface area contributed by atoms with E-state index in [1.165, 1.54) is 12.1 Å². The topological polar surface area (TPSA) is 90.7 Å². The standard InChI is InChI=1S/C23H30N2O5/c1-5-29-19-11-12-20(22(14-19)24-15-16(3)4)21(23(26)30-6-2)13-17-7-9-18(10-8-17)25(27)28/h7-12,14,16,21,24H,5-6,13,15H2,1-4H3. The number of nitro groups is 1. The predicted octanol–water partition coefficient (Wildman–Crippen LogP) is 4.95. The smallest absolute Gasteiger partial charge is 0.313 e. The summed E-state index contributed by atoms with van der Waals surface area (Å²) >= 11 is 0. The van der Waals surface area contributed by atoms with E-state index in [1.54, 1.807) is 19.1 Å². The molecule has 0 fully saturated rings. The second-order valence-electron chi connectivity index (χ2n) is 7.39. The molecule has 0 aliphatic heterocycles. The van der Waals surface area contributed by atoms with Crippen molar-refractivity contribution in [2.45, 2.75) is 40.0 Å². The molecule has 0 bridgehead atoms. The van der Waals surface area contributed by atoms with Crippen LogP contribution in [0.4, 0.5) is 11.4 Å². The monoisotopic (exact) mass is 414 g/mol. The molecule has 0 aliphatic rings. The number of carbonyl (C=O) groups is 1. The van der Waals surface area contributed by atoms with E-state index < -0.39 is 10.8 Å². The number of esters is 1. The minimum atomic E-state index is -0.545. The van der Waals surface area contributed by atoms with E-state index in [2.05, 4.69) is 19.2 Å². The molecule has 0 radical (unpaired) electrons. The van der Waals surface area contributed by atoms with Gasteiger partial charge < -0.3 is 14.8 Å². The zero-order chi connectivity index (χ0) is 22.1. The summed E-state index contributed by atoms with van der Waals surface area (Å²) in [5.41, 5.74) is 2.49. The molecule has 1 atom stereocenters. The molecule has 162 valence electrons. The summed E-state index contributed by atoms with van der Waals surface area (Å²) in [6.07, 6.45) is 0.376. The molecular formula is C23H30N2O5. The molecule has 7 heteroatoms. The molecule has 1 unspecified atom stereocenters. The summed E-state index contributed by atoms with van der Waals surface area (Å²) in [6, 6.07) is 11.9. The number of carbonyl (C=O) groups excluding carboxylic acids is 1. The lowest BCUT2D eigenvalue weighted by atomic mass is 9.90. The minimum absolute atomic E-state index is 0.0202. The maximum atomic E-state index is 12.8. The van der Waals surface area contributed by atoms with E-state index in [9.17, 15) is 14.9 Å². The number of nitrogens with one attached hydrogen (secondary N) is 1. The lowest BCUT2D eigenvalue weighted by molar-refractivity contribution is -0.384. The minimum Gasteiger partial charge on any atom is -0.494 e. The van der Waals surface area contributed by atoms with Crippen LogP contribution in [0, 0.1) is 16.0 Å². The van der Waals surface area contributed by atoms with Gasteiger partial charge in [0.05, 0.1) is 24.1 Å². The highest BCUT2D eigenvalue weighted by molar-refractivity contribution is 5.81. The molecule has 0 saturated carbocycles. The molecule has 2 rings (SSSR count). The van der Waals surface area contributed by atoms with Crippen molar-refractivity contribution in [3.8, 4) is 5.75 Å². The van der Waals surface area contributed by atoms with Crippen molar-refractivity contribution in [2.24, 2.45) is 5.92 Å². The van der Waals surface area contributed by atoms with Crippen LogP contribution in [-0.2, 0) is 16.0 Å². The quantitative estimate of drug-likeness (QED) is 0.318. The summed E-state index contributed by atoms with van der Waals surface area (Å²) in [7, 11) is 0. The van der Waals surface area contributed by atoms with E-state index in [1.807, 2.05) is 25.1 Å². The first kappa shape index (κ1) is 23.2. The molecule has 2 aromatic rings. The van der Waals surface area contributed by atoms with Crippen LogP contribution in [-0.4, -0.2) is 30.7 Å². The van der Waals surface area contributed by atoms with Crippen LogP contribution in [0.2, 0.25) is 0 Å². The number of anilines is 1. The van der Waals surface area contributed by atoms with Gasteiger partial charge in [-0.15, -0.1) is 0 Å². The predicted molar refractivity (Wildman–Crippen MR) is 117 cm³/mol. The maximum Gasteiger partial charge on any atom is 0.313 e. The Labute approximate surface area is 177 Å². The third-order valence-electron chi connectivity index (χ3n) is 4.57. The Morgan fingerprint density at radius 3 is 2.37 bits per heavy atom. The van der Waals surface area contributed by atoms with Crippen LogP contribution < -0.4 is 10.1 Å². The average molecular weight is 415 g/mol. The number of benzene rings is 2. The molecular weight excluding hydrogens is 384 g/mol. The van der Waals surface area contributed by atoms with Crippen molar-refractivity contribution in [1.29, 1.82) is 0 Å². The molecule has 0 saturated heterocycles. The van der Waals surface area contributed by atoms with Crippen molar-refractivity contribution in [2.75, 3.05) is 25.1 Å². The van der Waals surface area contributed by atoms with Crippen molar-refractivity contribution in [1.82, 2.24) is 0 Å². The van der Waals surface area contributed by atoms with Gasteiger partial charge in [-0.05, 0) is 43.4 Å². The van der Waals surface area contributed by atoms with Crippen molar-refractivity contribution in [3.05, 3.63) is 63.7 Å². The Balaban J connectivity index is 2.41. The highest BCUT2D eigenvalue weighted by Crippen LogP contribution is 2.33. The molecule has 0 amide bonds. The van der Waals surface area contributed by atoms with Crippen LogP contribution >= 0.6 is 0 Å². The van der Waals surface area contributed by atoms with Crippen LogP contribution in [0.1, 0.15) is 44.7 Å². The van der Waals surface area contributed by atoms with Gasteiger partial charge in [0.25, 0.3) is 5.69 Å². The number of nitro benzene ring substituents is 1. The van der Waals surface area contributed by atoms with Crippen molar-refractivity contribution >= 4 is 17.3 Å². The molecule has 0 heterocycles. The van der Waals surface area contributed by atoms with Gasteiger partial charge in [0, 0.05) is 30.4 Å². The highest BCUT2D eigenvalue weighted by Gasteiger charge is 2.26. The molecule has 2 aromatic carbocycles. The SMILES string of the molecule is CCOC(=O)C(Cc1ccc([N+](=O)[O-])cc1)c1ccc(OCC)cc1NCC(C)C.